The number of nitrogens with two attached hydrogens (primary N) is 1. The summed E-state index contributed by atoms with van der Waals surface area (Å²) in [6.45, 7) is 3.87. The molecule has 0 fully saturated rings. The van der Waals surface area contributed by atoms with E-state index in [9.17, 15) is 4.79 Å². The predicted molar refractivity (Wildman–Crippen MR) is 69.3 cm³/mol. The van der Waals surface area contributed by atoms with Gasteiger partial charge in [-0.2, -0.15) is 0 Å². The highest BCUT2D eigenvalue weighted by Crippen LogP contribution is 2.26. The van der Waals surface area contributed by atoms with Crippen LogP contribution in [0.25, 0.3) is 0 Å². The Bertz CT molecular complexity index is 396. The van der Waals surface area contributed by atoms with Gasteiger partial charge in [-0.1, -0.05) is 18.5 Å². The van der Waals surface area contributed by atoms with E-state index in [1.807, 2.05) is 13.8 Å². The molecule has 0 heterocycles. The second-order valence-corrected chi connectivity index (χ2v) is 4.26. The molecule has 1 aromatic carbocycles. The van der Waals surface area contributed by atoms with Crippen LogP contribution in [0, 0.1) is 0 Å². The SMILES string of the molecule is CCC(C)NC(=O)COc1cc(N)ccc1Cl. The zero-order valence-electron chi connectivity index (χ0n) is 10.00. The molecule has 1 unspecified atom stereocenters. The van der Waals surface area contributed by atoms with Crippen molar-refractivity contribution in [1.82, 2.24) is 5.32 Å². The van der Waals surface area contributed by atoms with E-state index in [0.29, 0.717) is 16.5 Å². The largest absolute Gasteiger partial charge is 0.482 e. The highest BCUT2D eigenvalue weighted by molar-refractivity contribution is 6.32. The van der Waals surface area contributed by atoms with Crippen LogP contribution in [0.1, 0.15) is 20.3 Å². The summed E-state index contributed by atoms with van der Waals surface area (Å²) in [7, 11) is 0. The number of ether oxygens (including phenoxy) is 1. The van der Waals surface area contributed by atoms with Gasteiger partial charge < -0.3 is 15.8 Å². The Labute approximate surface area is 106 Å². The smallest absolute Gasteiger partial charge is 0.258 e. The van der Waals surface area contributed by atoms with E-state index in [4.69, 9.17) is 22.1 Å². The summed E-state index contributed by atoms with van der Waals surface area (Å²) < 4.78 is 5.30. The number of anilines is 1. The summed E-state index contributed by atoms with van der Waals surface area (Å²) in [6.07, 6.45) is 0.880. The number of hydrogen-bond acceptors (Lipinski definition) is 3. The Morgan fingerprint density at radius 3 is 2.94 bits per heavy atom. The fraction of sp³-hybridized carbons (Fsp3) is 0.417. The monoisotopic (exact) mass is 256 g/mol. The van der Waals surface area contributed by atoms with Gasteiger partial charge in [0.15, 0.2) is 6.61 Å². The molecule has 0 bridgehead atoms. The summed E-state index contributed by atoms with van der Waals surface area (Å²) in [5, 5.41) is 3.24. The van der Waals surface area contributed by atoms with E-state index >= 15 is 0 Å². The van der Waals surface area contributed by atoms with Crippen molar-refractivity contribution in [1.29, 1.82) is 0 Å². The van der Waals surface area contributed by atoms with E-state index in [1.165, 1.54) is 0 Å². The molecule has 0 aromatic heterocycles. The minimum atomic E-state index is -0.169. The standard InChI is InChI=1S/C12H17ClN2O2/c1-3-8(2)15-12(16)7-17-11-6-9(14)4-5-10(11)13/h4-6,8H,3,7,14H2,1-2H3,(H,15,16). The molecular formula is C12H17ClN2O2. The second kappa shape index (κ2) is 6.35. The van der Waals surface area contributed by atoms with Crippen LogP contribution in [0.5, 0.6) is 5.75 Å². The van der Waals surface area contributed by atoms with Crippen molar-refractivity contribution in [2.24, 2.45) is 0 Å². The van der Waals surface area contributed by atoms with Crippen LogP contribution in [0.3, 0.4) is 0 Å². The number of amides is 1. The Balaban J connectivity index is 2.50. The van der Waals surface area contributed by atoms with E-state index in [1.54, 1.807) is 18.2 Å². The molecule has 3 N–H and O–H groups in total. The minimum Gasteiger partial charge on any atom is -0.482 e. The lowest BCUT2D eigenvalue weighted by molar-refractivity contribution is -0.123. The lowest BCUT2D eigenvalue weighted by Gasteiger charge is -2.12. The van der Waals surface area contributed by atoms with Crippen molar-refractivity contribution in [3.8, 4) is 5.75 Å². The van der Waals surface area contributed by atoms with Gasteiger partial charge in [0.1, 0.15) is 5.75 Å². The average molecular weight is 257 g/mol. The highest BCUT2D eigenvalue weighted by atomic mass is 35.5. The molecule has 1 aromatic rings. The van der Waals surface area contributed by atoms with Crippen LogP contribution < -0.4 is 15.8 Å². The molecular weight excluding hydrogens is 240 g/mol. The maximum atomic E-state index is 11.5. The summed E-state index contributed by atoms with van der Waals surface area (Å²) in [4.78, 5) is 11.5. The number of halogens is 1. The first-order chi connectivity index (χ1) is 8.02. The normalized spacial score (nSPS) is 11.9. The maximum absolute atomic E-state index is 11.5. The summed E-state index contributed by atoms with van der Waals surface area (Å²) in [6, 6.07) is 5.05. The fourth-order valence-electron chi connectivity index (χ4n) is 1.19. The van der Waals surface area contributed by atoms with Gasteiger partial charge in [-0.05, 0) is 25.5 Å². The molecule has 0 spiro atoms. The first-order valence-corrected chi connectivity index (χ1v) is 5.88. The Morgan fingerprint density at radius 1 is 1.59 bits per heavy atom. The van der Waals surface area contributed by atoms with Gasteiger partial charge in [0.2, 0.25) is 0 Å². The number of nitrogens with one attached hydrogen (secondary N) is 1. The molecule has 0 aliphatic rings. The lowest BCUT2D eigenvalue weighted by Crippen LogP contribution is -2.35. The molecule has 1 amide bonds. The average Bonchev–Trinajstić information content (AvgIpc) is 2.30. The van der Waals surface area contributed by atoms with Crippen LogP contribution in [0.2, 0.25) is 5.02 Å². The Hall–Kier alpha value is -1.42. The van der Waals surface area contributed by atoms with Crippen molar-refractivity contribution in [2.75, 3.05) is 12.3 Å². The molecule has 17 heavy (non-hydrogen) atoms. The topological polar surface area (TPSA) is 64.3 Å². The number of benzene rings is 1. The third-order valence-corrected chi connectivity index (χ3v) is 2.65. The Morgan fingerprint density at radius 2 is 2.29 bits per heavy atom. The molecule has 4 nitrogen and oxygen atoms in total. The third-order valence-electron chi connectivity index (χ3n) is 2.33. The van der Waals surface area contributed by atoms with E-state index < -0.39 is 0 Å². The van der Waals surface area contributed by atoms with Crippen molar-refractivity contribution < 1.29 is 9.53 Å². The summed E-state index contributed by atoms with van der Waals surface area (Å²) in [5.41, 5.74) is 6.14. The van der Waals surface area contributed by atoms with Gasteiger partial charge in [0.05, 0.1) is 5.02 Å². The maximum Gasteiger partial charge on any atom is 0.258 e. The first-order valence-electron chi connectivity index (χ1n) is 5.50. The minimum absolute atomic E-state index is 0.0620. The third kappa shape index (κ3) is 4.53. The van der Waals surface area contributed by atoms with Crippen molar-refractivity contribution in [3.05, 3.63) is 23.2 Å². The van der Waals surface area contributed by atoms with E-state index in [-0.39, 0.29) is 18.6 Å². The zero-order chi connectivity index (χ0) is 12.8. The first kappa shape index (κ1) is 13.6. The highest BCUT2D eigenvalue weighted by Gasteiger charge is 2.08. The van der Waals surface area contributed by atoms with Gasteiger partial charge in [-0.15, -0.1) is 0 Å². The summed E-state index contributed by atoms with van der Waals surface area (Å²) >= 11 is 5.90. The van der Waals surface area contributed by atoms with Gasteiger partial charge in [-0.25, -0.2) is 0 Å². The quantitative estimate of drug-likeness (QED) is 0.794. The van der Waals surface area contributed by atoms with Crippen LogP contribution >= 0.6 is 11.6 Å². The Kier molecular flexibility index (Phi) is 5.10. The molecule has 1 atom stereocenters. The van der Waals surface area contributed by atoms with Gasteiger partial charge in [0.25, 0.3) is 5.91 Å². The number of carbonyl (C=O) groups excluding carboxylic acids is 1. The van der Waals surface area contributed by atoms with Gasteiger partial charge in [0, 0.05) is 17.8 Å². The van der Waals surface area contributed by atoms with E-state index in [2.05, 4.69) is 5.32 Å². The van der Waals surface area contributed by atoms with Gasteiger partial charge >= 0.3 is 0 Å². The fourth-order valence-corrected chi connectivity index (χ4v) is 1.36. The molecule has 0 saturated carbocycles. The van der Waals surface area contributed by atoms with E-state index in [0.717, 1.165) is 6.42 Å². The predicted octanol–water partition coefficient (Wildman–Crippen LogP) is 2.22. The number of nitrogen functional groups attached to an aromatic ring is 1. The van der Waals surface area contributed by atoms with Crippen molar-refractivity contribution >= 4 is 23.2 Å². The van der Waals surface area contributed by atoms with Crippen LogP contribution in [0.15, 0.2) is 18.2 Å². The molecule has 94 valence electrons. The van der Waals surface area contributed by atoms with Gasteiger partial charge in [-0.3, -0.25) is 4.79 Å². The van der Waals surface area contributed by atoms with Crippen LogP contribution in [-0.4, -0.2) is 18.6 Å². The molecule has 5 heteroatoms. The van der Waals surface area contributed by atoms with Crippen molar-refractivity contribution in [2.45, 2.75) is 26.3 Å². The number of hydrogen-bond donors (Lipinski definition) is 2. The van der Waals surface area contributed by atoms with Crippen LogP contribution in [0.4, 0.5) is 5.69 Å². The molecule has 0 saturated heterocycles. The lowest BCUT2D eigenvalue weighted by atomic mass is 10.2. The molecule has 0 aliphatic heterocycles. The molecule has 0 radical (unpaired) electrons. The number of rotatable bonds is 5. The molecule has 0 aliphatic carbocycles. The second-order valence-electron chi connectivity index (χ2n) is 3.86. The summed E-state index contributed by atoms with van der Waals surface area (Å²) in [5.74, 6) is 0.254. The molecule has 1 rings (SSSR count). The number of carbonyl (C=O) groups is 1. The van der Waals surface area contributed by atoms with Crippen molar-refractivity contribution in [3.63, 3.8) is 0 Å². The zero-order valence-corrected chi connectivity index (χ0v) is 10.8. The van der Waals surface area contributed by atoms with Crippen LogP contribution in [-0.2, 0) is 4.79 Å².